The summed E-state index contributed by atoms with van der Waals surface area (Å²) in [6.07, 6.45) is 3.33. The number of halogens is 1. The number of nitrogens with zero attached hydrogens (tertiary/aromatic N) is 3. The Morgan fingerprint density at radius 3 is 2.65 bits per heavy atom. The molecule has 0 aliphatic heterocycles. The van der Waals surface area contributed by atoms with Crippen LogP contribution in [0.1, 0.15) is 11.3 Å². The molecule has 0 aliphatic carbocycles. The predicted octanol–water partition coefficient (Wildman–Crippen LogP) is 3.45. The molecule has 162 valence electrons. The average Bonchev–Trinajstić information content (AvgIpc) is 3.08. The first-order chi connectivity index (χ1) is 14.9. The molecule has 3 N–H and O–H groups in total. The second-order valence-corrected chi connectivity index (χ2v) is 7.25. The minimum absolute atomic E-state index is 0.209. The second-order valence-electron chi connectivity index (χ2n) is 6.39. The van der Waals surface area contributed by atoms with Gasteiger partial charge in [-0.2, -0.15) is 5.10 Å². The Labute approximate surface area is 187 Å². The lowest BCUT2D eigenvalue weighted by atomic mass is 10.2. The first-order valence-corrected chi connectivity index (χ1v) is 9.99. The van der Waals surface area contributed by atoms with E-state index in [-0.39, 0.29) is 18.5 Å². The molecule has 0 spiro atoms. The molecule has 0 aliphatic rings. The van der Waals surface area contributed by atoms with Gasteiger partial charge in [-0.15, -0.1) is 0 Å². The number of nitrogens with two attached hydrogens (primary N) is 1. The van der Waals surface area contributed by atoms with Crippen molar-refractivity contribution in [2.24, 2.45) is 5.10 Å². The van der Waals surface area contributed by atoms with Crippen LogP contribution in [0.15, 0.2) is 52.2 Å². The van der Waals surface area contributed by atoms with E-state index >= 15 is 0 Å². The van der Waals surface area contributed by atoms with Crippen molar-refractivity contribution in [1.29, 1.82) is 0 Å². The first-order valence-electron chi connectivity index (χ1n) is 9.20. The van der Waals surface area contributed by atoms with Gasteiger partial charge in [-0.1, -0.05) is 12.1 Å². The minimum Gasteiger partial charge on any atom is -0.495 e. The Bertz CT molecular complexity index is 1110. The Balaban J connectivity index is 1.71. The Morgan fingerprint density at radius 2 is 1.97 bits per heavy atom. The number of hydrogen-bond donors (Lipinski definition) is 2. The number of carbonyl (C=O) groups is 1. The zero-order valence-corrected chi connectivity index (χ0v) is 18.8. The zero-order valence-electron chi connectivity index (χ0n) is 17.3. The number of benzene rings is 2. The lowest BCUT2D eigenvalue weighted by Crippen LogP contribution is -2.20. The molecule has 3 aromatic rings. The van der Waals surface area contributed by atoms with E-state index in [0.29, 0.717) is 27.4 Å². The third-order valence-corrected chi connectivity index (χ3v) is 4.87. The van der Waals surface area contributed by atoms with Gasteiger partial charge in [-0.05, 0) is 47.1 Å². The molecule has 0 atom stereocenters. The minimum atomic E-state index is -0.334. The van der Waals surface area contributed by atoms with Crippen molar-refractivity contribution >= 4 is 39.7 Å². The first kappa shape index (κ1) is 22.2. The van der Waals surface area contributed by atoms with Crippen molar-refractivity contribution in [2.75, 3.05) is 31.9 Å². The van der Waals surface area contributed by atoms with Crippen molar-refractivity contribution in [1.82, 2.24) is 9.66 Å². The van der Waals surface area contributed by atoms with Crippen LogP contribution >= 0.6 is 15.9 Å². The summed E-state index contributed by atoms with van der Waals surface area (Å²) >= 11 is 3.49. The normalized spacial score (nSPS) is 10.8. The summed E-state index contributed by atoms with van der Waals surface area (Å²) in [6.45, 7) is 1.62. The van der Waals surface area contributed by atoms with Crippen molar-refractivity contribution in [2.45, 2.75) is 6.92 Å². The van der Waals surface area contributed by atoms with Crippen LogP contribution in [-0.2, 0) is 4.79 Å². The number of amides is 1. The molecule has 0 saturated heterocycles. The van der Waals surface area contributed by atoms with Crippen LogP contribution in [0.25, 0.3) is 0 Å². The molecule has 1 aromatic heterocycles. The number of aryl methyl sites for hydroxylation is 1. The molecule has 0 bridgehead atoms. The van der Waals surface area contributed by atoms with Crippen molar-refractivity contribution < 1.29 is 19.0 Å². The SMILES string of the molecule is COc1ccccc1NC(=O)COc1cc(Br)c(C=Nn2cc(C)nc2N)cc1OC. The number of imidazole rings is 1. The highest BCUT2D eigenvalue weighted by atomic mass is 79.9. The van der Waals surface area contributed by atoms with Crippen LogP contribution in [0.5, 0.6) is 17.2 Å². The number of aromatic nitrogens is 2. The standard InChI is InChI=1S/C21H22BrN5O4/c1-13-11-27(21(23)25-13)24-10-14-8-18(30-3)19(9-15(14)22)31-12-20(28)26-16-6-4-5-7-17(16)29-2/h4-11H,12H2,1-3H3,(H2,23,25)(H,26,28). The molecule has 1 heterocycles. The molecule has 0 radical (unpaired) electrons. The second kappa shape index (κ2) is 9.98. The summed E-state index contributed by atoms with van der Waals surface area (Å²) in [6, 6.07) is 10.6. The van der Waals surface area contributed by atoms with Crippen molar-refractivity contribution in [3.8, 4) is 17.2 Å². The molecule has 31 heavy (non-hydrogen) atoms. The number of methoxy groups -OCH3 is 2. The largest absolute Gasteiger partial charge is 0.495 e. The van der Waals surface area contributed by atoms with E-state index in [9.17, 15) is 4.79 Å². The van der Waals surface area contributed by atoms with Crippen LogP contribution in [-0.4, -0.2) is 42.6 Å². The highest BCUT2D eigenvalue weighted by molar-refractivity contribution is 9.10. The molecule has 1 amide bonds. The topological polar surface area (TPSA) is 113 Å². The quantitative estimate of drug-likeness (QED) is 0.470. The smallest absolute Gasteiger partial charge is 0.262 e. The lowest BCUT2D eigenvalue weighted by Gasteiger charge is -2.13. The van der Waals surface area contributed by atoms with E-state index in [0.717, 1.165) is 11.3 Å². The molecule has 3 rings (SSSR count). The molecule has 2 aromatic carbocycles. The summed E-state index contributed by atoms with van der Waals surface area (Å²) in [5, 5.41) is 7.06. The fourth-order valence-electron chi connectivity index (χ4n) is 2.72. The Hall–Kier alpha value is -3.53. The van der Waals surface area contributed by atoms with E-state index in [1.165, 1.54) is 18.9 Å². The van der Waals surface area contributed by atoms with Gasteiger partial charge in [0.05, 0.1) is 38.0 Å². The Kier molecular flexibility index (Phi) is 7.14. The van der Waals surface area contributed by atoms with Gasteiger partial charge in [0.2, 0.25) is 5.95 Å². The molecular weight excluding hydrogens is 466 g/mol. The maximum atomic E-state index is 12.3. The number of nitrogens with one attached hydrogen (secondary N) is 1. The molecule has 0 fully saturated rings. The zero-order chi connectivity index (χ0) is 22.4. The van der Waals surface area contributed by atoms with Gasteiger partial charge < -0.3 is 25.3 Å². The van der Waals surface area contributed by atoms with Crippen LogP contribution in [0.2, 0.25) is 0 Å². The maximum absolute atomic E-state index is 12.3. The van der Waals surface area contributed by atoms with Gasteiger partial charge >= 0.3 is 0 Å². The number of anilines is 2. The number of nitrogen functional groups attached to an aromatic ring is 1. The molecule has 10 heteroatoms. The highest BCUT2D eigenvalue weighted by Crippen LogP contribution is 2.33. The van der Waals surface area contributed by atoms with Gasteiger partial charge in [-0.3, -0.25) is 4.79 Å². The highest BCUT2D eigenvalue weighted by Gasteiger charge is 2.13. The summed E-state index contributed by atoms with van der Waals surface area (Å²) < 4.78 is 18.5. The van der Waals surface area contributed by atoms with Gasteiger partial charge in [-0.25, -0.2) is 9.66 Å². The fourth-order valence-corrected chi connectivity index (χ4v) is 3.15. The van der Waals surface area contributed by atoms with Gasteiger partial charge in [0.1, 0.15) is 5.75 Å². The Morgan fingerprint density at radius 1 is 1.23 bits per heavy atom. The van der Waals surface area contributed by atoms with Crippen LogP contribution < -0.4 is 25.3 Å². The number of carbonyl (C=O) groups excluding carboxylic acids is 1. The monoisotopic (exact) mass is 487 g/mol. The van der Waals surface area contributed by atoms with Gasteiger partial charge in [0.25, 0.3) is 5.91 Å². The molecule has 0 unspecified atom stereocenters. The number of para-hydroxylation sites is 2. The average molecular weight is 488 g/mol. The van der Waals surface area contributed by atoms with E-state index in [1.807, 2.05) is 13.0 Å². The fraction of sp³-hybridized carbons (Fsp3) is 0.190. The van der Waals surface area contributed by atoms with E-state index in [2.05, 4.69) is 31.3 Å². The predicted molar refractivity (Wildman–Crippen MR) is 122 cm³/mol. The lowest BCUT2D eigenvalue weighted by molar-refractivity contribution is -0.118. The van der Waals surface area contributed by atoms with Gasteiger partial charge in [0, 0.05) is 10.0 Å². The number of hydrogen-bond acceptors (Lipinski definition) is 7. The van der Waals surface area contributed by atoms with Crippen LogP contribution in [0.4, 0.5) is 11.6 Å². The maximum Gasteiger partial charge on any atom is 0.262 e. The van der Waals surface area contributed by atoms with Crippen LogP contribution in [0, 0.1) is 6.92 Å². The summed E-state index contributed by atoms with van der Waals surface area (Å²) in [7, 11) is 3.06. The number of ether oxygens (including phenoxy) is 3. The van der Waals surface area contributed by atoms with Crippen molar-refractivity contribution in [3.05, 3.63) is 58.3 Å². The van der Waals surface area contributed by atoms with Crippen molar-refractivity contribution in [3.63, 3.8) is 0 Å². The molecule has 9 nitrogen and oxygen atoms in total. The summed E-state index contributed by atoms with van der Waals surface area (Å²) in [5.41, 5.74) is 7.86. The van der Waals surface area contributed by atoms with E-state index in [1.54, 1.807) is 42.7 Å². The van der Waals surface area contributed by atoms with Gasteiger partial charge in [0.15, 0.2) is 18.1 Å². The molecular formula is C21H22BrN5O4. The summed E-state index contributed by atoms with van der Waals surface area (Å²) in [5.74, 6) is 1.37. The molecule has 0 saturated carbocycles. The summed E-state index contributed by atoms with van der Waals surface area (Å²) in [4.78, 5) is 16.4. The van der Waals surface area contributed by atoms with Crippen LogP contribution in [0.3, 0.4) is 0 Å². The van der Waals surface area contributed by atoms with E-state index in [4.69, 9.17) is 19.9 Å². The third-order valence-electron chi connectivity index (χ3n) is 4.18. The number of rotatable bonds is 8. The van der Waals surface area contributed by atoms with E-state index < -0.39 is 0 Å². The third kappa shape index (κ3) is 5.54.